The Balaban J connectivity index is 1.56. The fraction of sp³-hybridized carbons (Fsp3) is 1.00. The fourth-order valence-electron chi connectivity index (χ4n) is 3.08. The molecular weight excluding hydrogens is 144 g/mol. The first-order valence-electron chi connectivity index (χ1n) is 5.84. The van der Waals surface area contributed by atoms with Crippen molar-refractivity contribution in [1.82, 2.24) is 0 Å². The number of hydrogen-bond donors (Lipinski definition) is 0. The third kappa shape index (κ3) is 2.02. The second-order valence-corrected chi connectivity index (χ2v) is 5.17. The van der Waals surface area contributed by atoms with Crippen LogP contribution in [0.25, 0.3) is 0 Å². The maximum absolute atomic E-state index is 2.39. The van der Waals surface area contributed by atoms with Gasteiger partial charge in [-0.3, -0.25) is 0 Å². The van der Waals surface area contributed by atoms with Crippen LogP contribution >= 0.6 is 0 Å². The van der Waals surface area contributed by atoms with Crippen molar-refractivity contribution in [2.24, 2.45) is 17.8 Å². The van der Waals surface area contributed by atoms with Gasteiger partial charge in [-0.25, -0.2) is 0 Å². The minimum Gasteiger partial charge on any atom is -0.0625 e. The average Bonchev–Trinajstić information content (AvgIpc) is 2.47. The largest absolute Gasteiger partial charge is 0.0625 e. The number of rotatable bonds is 3. The predicted molar refractivity (Wildman–Crippen MR) is 53.1 cm³/mol. The van der Waals surface area contributed by atoms with E-state index in [9.17, 15) is 0 Å². The molecule has 2 saturated carbocycles. The van der Waals surface area contributed by atoms with Gasteiger partial charge in [-0.1, -0.05) is 45.4 Å². The van der Waals surface area contributed by atoms with Gasteiger partial charge in [-0.2, -0.15) is 0 Å². The van der Waals surface area contributed by atoms with E-state index < -0.39 is 0 Å². The van der Waals surface area contributed by atoms with Crippen molar-refractivity contribution in [3.05, 3.63) is 0 Å². The van der Waals surface area contributed by atoms with Gasteiger partial charge in [0.25, 0.3) is 0 Å². The molecule has 0 aromatic heterocycles. The summed E-state index contributed by atoms with van der Waals surface area (Å²) >= 11 is 0. The summed E-state index contributed by atoms with van der Waals surface area (Å²) in [6.45, 7) is 2.39. The third-order valence-corrected chi connectivity index (χ3v) is 3.93. The van der Waals surface area contributed by atoms with Crippen LogP contribution in [-0.2, 0) is 0 Å². The Bertz CT molecular complexity index is 127. The summed E-state index contributed by atoms with van der Waals surface area (Å²) in [5, 5.41) is 0. The first-order valence-corrected chi connectivity index (χ1v) is 5.84. The summed E-state index contributed by atoms with van der Waals surface area (Å²) in [5.41, 5.74) is 0. The highest BCUT2D eigenvalue weighted by molar-refractivity contribution is 4.78. The molecule has 0 aromatic rings. The Labute approximate surface area is 76.7 Å². The van der Waals surface area contributed by atoms with E-state index in [1.807, 2.05) is 0 Å². The molecule has 0 N–H and O–H groups in total. The normalized spacial score (nSPS) is 36.8. The lowest BCUT2D eigenvalue weighted by Crippen LogP contribution is -2.21. The highest BCUT2D eigenvalue weighted by Gasteiger charge is 2.26. The zero-order chi connectivity index (χ0) is 8.39. The Hall–Kier alpha value is 0. The topological polar surface area (TPSA) is 0 Å². The lowest BCUT2D eigenvalue weighted by atomic mass is 9.73. The standard InChI is InChI=1S/C12H22/c1-10-8-12(9-10)7-6-11-4-2-3-5-11/h10-12H,2-9H2,1H3. The second-order valence-electron chi connectivity index (χ2n) is 5.17. The molecule has 0 spiro atoms. The molecule has 2 fully saturated rings. The van der Waals surface area contributed by atoms with E-state index in [1.165, 1.54) is 25.7 Å². The summed E-state index contributed by atoms with van der Waals surface area (Å²) in [7, 11) is 0. The van der Waals surface area contributed by atoms with Crippen molar-refractivity contribution in [3.63, 3.8) is 0 Å². The Morgan fingerprint density at radius 3 is 2.08 bits per heavy atom. The molecule has 2 rings (SSSR count). The summed E-state index contributed by atoms with van der Waals surface area (Å²) < 4.78 is 0. The molecule has 0 radical (unpaired) electrons. The Morgan fingerprint density at radius 2 is 1.50 bits per heavy atom. The molecule has 2 aliphatic rings. The molecule has 0 heterocycles. The average molecular weight is 166 g/mol. The number of hydrogen-bond acceptors (Lipinski definition) is 0. The molecule has 0 saturated heterocycles. The van der Waals surface area contributed by atoms with Gasteiger partial charge < -0.3 is 0 Å². The van der Waals surface area contributed by atoms with Gasteiger partial charge in [-0.15, -0.1) is 0 Å². The van der Waals surface area contributed by atoms with Gasteiger partial charge in [0, 0.05) is 0 Å². The Kier molecular flexibility index (Phi) is 2.73. The van der Waals surface area contributed by atoms with E-state index in [4.69, 9.17) is 0 Å². The van der Waals surface area contributed by atoms with Gasteiger partial charge in [-0.05, 0) is 30.6 Å². The molecule has 0 amide bonds. The summed E-state index contributed by atoms with van der Waals surface area (Å²) in [6, 6.07) is 0. The van der Waals surface area contributed by atoms with E-state index in [2.05, 4.69) is 6.92 Å². The van der Waals surface area contributed by atoms with Crippen LogP contribution in [0, 0.1) is 17.8 Å². The van der Waals surface area contributed by atoms with Crippen molar-refractivity contribution in [2.45, 2.75) is 58.3 Å². The van der Waals surface area contributed by atoms with E-state index in [0.29, 0.717) is 0 Å². The summed E-state index contributed by atoms with van der Waals surface area (Å²) in [4.78, 5) is 0. The minimum absolute atomic E-state index is 1.05. The van der Waals surface area contributed by atoms with E-state index in [1.54, 1.807) is 25.7 Å². The molecule has 0 heteroatoms. The van der Waals surface area contributed by atoms with Crippen LogP contribution in [0.15, 0.2) is 0 Å². The zero-order valence-corrected chi connectivity index (χ0v) is 8.39. The van der Waals surface area contributed by atoms with Crippen LogP contribution in [0.3, 0.4) is 0 Å². The third-order valence-electron chi connectivity index (χ3n) is 3.93. The van der Waals surface area contributed by atoms with Crippen molar-refractivity contribution in [3.8, 4) is 0 Å². The lowest BCUT2D eigenvalue weighted by molar-refractivity contribution is 0.187. The zero-order valence-electron chi connectivity index (χ0n) is 8.39. The van der Waals surface area contributed by atoms with Crippen LogP contribution in [0.1, 0.15) is 58.3 Å². The molecule has 0 atom stereocenters. The monoisotopic (exact) mass is 166 g/mol. The van der Waals surface area contributed by atoms with Gasteiger partial charge in [0.15, 0.2) is 0 Å². The highest BCUT2D eigenvalue weighted by atomic mass is 14.3. The second kappa shape index (κ2) is 3.81. The van der Waals surface area contributed by atoms with E-state index in [-0.39, 0.29) is 0 Å². The molecule has 0 aliphatic heterocycles. The predicted octanol–water partition coefficient (Wildman–Crippen LogP) is 4.00. The summed E-state index contributed by atoms with van der Waals surface area (Å²) in [6.07, 6.45) is 12.3. The van der Waals surface area contributed by atoms with Crippen LogP contribution in [0.4, 0.5) is 0 Å². The van der Waals surface area contributed by atoms with Crippen molar-refractivity contribution < 1.29 is 0 Å². The SMILES string of the molecule is CC1CC(CCC2CCCC2)C1. The van der Waals surface area contributed by atoms with Crippen molar-refractivity contribution in [2.75, 3.05) is 0 Å². The van der Waals surface area contributed by atoms with Crippen LogP contribution < -0.4 is 0 Å². The van der Waals surface area contributed by atoms with Crippen LogP contribution in [-0.4, -0.2) is 0 Å². The lowest BCUT2D eigenvalue weighted by Gasteiger charge is -2.33. The first kappa shape index (κ1) is 8.59. The fourth-order valence-corrected chi connectivity index (χ4v) is 3.08. The quantitative estimate of drug-likeness (QED) is 0.594. The van der Waals surface area contributed by atoms with Gasteiger partial charge in [0.2, 0.25) is 0 Å². The molecule has 0 nitrogen and oxygen atoms in total. The smallest absolute Gasteiger partial charge is 0.0409 e. The van der Waals surface area contributed by atoms with Gasteiger partial charge >= 0.3 is 0 Å². The van der Waals surface area contributed by atoms with Gasteiger partial charge in [0.05, 0.1) is 0 Å². The maximum Gasteiger partial charge on any atom is -0.0409 e. The molecule has 70 valence electrons. The van der Waals surface area contributed by atoms with E-state index in [0.717, 1.165) is 17.8 Å². The van der Waals surface area contributed by atoms with E-state index >= 15 is 0 Å². The van der Waals surface area contributed by atoms with Gasteiger partial charge in [0.1, 0.15) is 0 Å². The van der Waals surface area contributed by atoms with Crippen LogP contribution in [0.2, 0.25) is 0 Å². The van der Waals surface area contributed by atoms with Crippen molar-refractivity contribution >= 4 is 0 Å². The minimum atomic E-state index is 1.05. The van der Waals surface area contributed by atoms with Crippen LogP contribution in [0.5, 0.6) is 0 Å². The Morgan fingerprint density at radius 1 is 0.917 bits per heavy atom. The molecular formula is C12H22. The molecule has 0 aromatic carbocycles. The molecule has 0 unspecified atom stereocenters. The molecule has 2 aliphatic carbocycles. The maximum atomic E-state index is 2.39. The molecule has 12 heavy (non-hydrogen) atoms. The first-order chi connectivity index (χ1) is 5.84. The molecule has 0 bridgehead atoms. The van der Waals surface area contributed by atoms with Crippen molar-refractivity contribution in [1.29, 1.82) is 0 Å². The highest BCUT2D eigenvalue weighted by Crippen LogP contribution is 2.39. The summed E-state index contributed by atoms with van der Waals surface area (Å²) in [5.74, 6) is 3.31.